The molecular weight excluding hydrogens is 431 g/mol. The zero-order valence-corrected chi connectivity index (χ0v) is 15.3. The van der Waals surface area contributed by atoms with Crippen molar-refractivity contribution in [2.45, 2.75) is 0 Å². The Morgan fingerprint density at radius 3 is 2.20 bits per heavy atom. The van der Waals surface area contributed by atoms with Crippen LogP contribution in [0.3, 0.4) is 0 Å². The topological polar surface area (TPSA) is 55.1 Å². The third-order valence-electron chi connectivity index (χ3n) is 4.19. The number of oxazole rings is 1. The van der Waals surface area contributed by atoms with Crippen LogP contribution in [0.2, 0.25) is 5.02 Å². The van der Waals surface area contributed by atoms with Crippen molar-refractivity contribution in [3.05, 3.63) is 82.1 Å². The van der Waals surface area contributed by atoms with Crippen LogP contribution in [-0.2, 0) is 0 Å². The minimum atomic E-state index is -2.36. The van der Waals surface area contributed by atoms with Crippen LogP contribution in [0.1, 0.15) is 10.4 Å². The molecule has 3 aromatic carbocycles. The number of nitrogens with zero attached hydrogens (tertiary/aromatic N) is 1. The van der Waals surface area contributed by atoms with Gasteiger partial charge in [0.15, 0.2) is 28.9 Å². The Morgan fingerprint density at radius 1 is 0.900 bits per heavy atom. The number of para-hydroxylation sites is 2. The predicted molar refractivity (Wildman–Crippen MR) is 98.6 cm³/mol. The highest BCUT2D eigenvalue weighted by atomic mass is 35.5. The van der Waals surface area contributed by atoms with Crippen LogP contribution in [0.15, 0.2) is 46.9 Å². The Bertz CT molecular complexity index is 1260. The highest BCUT2D eigenvalue weighted by molar-refractivity contribution is 6.34. The summed E-state index contributed by atoms with van der Waals surface area (Å²) in [4.78, 5) is 16.5. The maximum absolute atomic E-state index is 13.9. The molecule has 0 atom stereocenters. The molecule has 0 fully saturated rings. The quantitative estimate of drug-likeness (QED) is 0.239. The third-order valence-corrected chi connectivity index (χ3v) is 4.52. The second-order valence-electron chi connectivity index (χ2n) is 6.08. The predicted octanol–water partition coefficient (Wildman–Crippen LogP) is 6.10. The molecule has 0 bridgehead atoms. The summed E-state index contributed by atoms with van der Waals surface area (Å²) < 4.78 is 73.3. The van der Waals surface area contributed by atoms with E-state index in [-0.39, 0.29) is 16.6 Å². The summed E-state index contributed by atoms with van der Waals surface area (Å²) in [5.41, 5.74) is -0.368. The number of fused-ring (bicyclic) bond motifs is 1. The van der Waals surface area contributed by atoms with E-state index in [0.717, 1.165) is 0 Å². The Hall–Kier alpha value is -3.46. The molecule has 1 heterocycles. The number of nitrogens with one attached hydrogen (secondary N) is 1. The second kappa shape index (κ2) is 7.42. The maximum Gasteiger partial charge on any atom is 0.261 e. The number of benzene rings is 3. The molecule has 0 radical (unpaired) electrons. The first-order valence-corrected chi connectivity index (χ1v) is 8.64. The van der Waals surface area contributed by atoms with Crippen LogP contribution in [0.25, 0.3) is 22.6 Å². The van der Waals surface area contributed by atoms with E-state index in [2.05, 4.69) is 4.98 Å². The lowest BCUT2D eigenvalue weighted by atomic mass is 10.1. The molecule has 0 aliphatic rings. The van der Waals surface area contributed by atoms with Crippen LogP contribution < -0.4 is 5.32 Å². The standard InChI is InChI=1S/C20H8ClF5N2O2/c21-9-6-5-8(20-28-10-3-1-2-4-12(10)30-20)7-11(9)27-19(29)13-14(22)16(24)18(26)17(25)15(13)23/h1-7H,(H,27,29). The molecule has 30 heavy (non-hydrogen) atoms. The van der Waals surface area contributed by atoms with E-state index in [1.54, 1.807) is 24.3 Å². The van der Waals surface area contributed by atoms with Gasteiger partial charge in [0.2, 0.25) is 11.7 Å². The number of aromatic nitrogens is 1. The molecule has 0 aliphatic carbocycles. The molecule has 0 spiro atoms. The summed E-state index contributed by atoms with van der Waals surface area (Å²) in [6, 6.07) is 11.1. The highest BCUT2D eigenvalue weighted by Crippen LogP contribution is 2.31. The molecule has 0 saturated carbocycles. The van der Waals surface area contributed by atoms with E-state index in [1.165, 1.54) is 18.2 Å². The smallest absolute Gasteiger partial charge is 0.261 e. The molecule has 10 heteroatoms. The normalized spacial score (nSPS) is 11.1. The number of halogens is 6. The van der Waals surface area contributed by atoms with Gasteiger partial charge in [-0.05, 0) is 30.3 Å². The van der Waals surface area contributed by atoms with Crippen LogP contribution in [0.5, 0.6) is 0 Å². The molecule has 0 saturated heterocycles. The minimum Gasteiger partial charge on any atom is -0.436 e. The van der Waals surface area contributed by atoms with E-state index >= 15 is 0 Å². The average molecular weight is 439 g/mol. The highest BCUT2D eigenvalue weighted by Gasteiger charge is 2.30. The van der Waals surface area contributed by atoms with Gasteiger partial charge in [0, 0.05) is 5.56 Å². The van der Waals surface area contributed by atoms with Crippen LogP contribution >= 0.6 is 11.6 Å². The number of hydrogen-bond acceptors (Lipinski definition) is 3. The van der Waals surface area contributed by atoms with Crippen molar-refractivity contribution in [3.8, 4) is 11.5 Å². The molecule has 1 aromatic heterocycles. The van der Waals surface area contributed by atoms with Gasteiger partial charge in [-0.1, -0.05) is 23.7 Å². The first-order valence-electron chi connectivity index (χ1n) is 8.26. The number of rotatable bonds is 3. The van der Waals surface area contributed by atoms with E-state index in [1.807, 2.05) is 5.32 Å². The Labute approximate surface area is 169 Å². The van der Waals surface area contributed by atoms with E-state index < -0.39 is 40.6 Å². The maximum atomic E-state index is 13.9. The molecule has 0 unspecified atom stereocenters. The Balaban J connectivity index is 1.72. The monoisotopic (exact) mass is 438 g/mol. The fourth-order valence-corrected chi connectivity index (χ4v) is 2.90. The van der Waals surface area contributed by atoms with Crippen molar-refractivity contribution in [1.29, 1.82) is 0 Å². The van der Waals surface area contributed by atoms with Gasteiger partial charge in [-0.2, -0.15) is 0 Å². The Morgan fingerprint density at radius 2 is 1.53 bits per heavy atom. The van der Waals surface area contributed by atoms with E-state index in [0.29, 0.717) is 16.7 Å². The van der Waals surface area contributed by atoms with Crippen molar-refractivity contribution < 1.29 is 31.2 Å². The second-order valence-corrected chi connectivity index (χ2v) is 6.49. The van der Waals surface area contributed by atoms with Crippen LogP contribution in [0, 0.1) is 29.1 Å². The van der Waals surface area contributed by atoms with Gasteiger partial charge < -0.3 is 9.73 Å². The zero-order chi connectivity index (χ0) is 21.6. The number of carbonyl (C=O) groups excluding carboxylic acids is 1. The molecule has 152 valence electrons. The lowest BCUT2D eigenvalue weighted by molar-refractivity contribution is 0.101. The molecule has 0 aliphatic heterocycles. The summed E-state index contributed by atoms with van der Waals surface area (Å²) in [6.45, 7) is 0. The molecule has 4 rings (SSSR count). The van der Waals surface area contributed by atoms with Crippen LogP contribution in [-0.4, -0.2) is 10.9 Å². The summed E-state index contributed by atoms with van der Waals surface area (Å²) in [7, 11) is 0. The first kappa shape index (κ1) is 19.8. The van der Waals surface area contributed by atoms with Gasteiger partial charge in [-0.25, -0.2) is 26.9 Å². The van der Waals surface area contributed by atoms with Crippen molar-refractivity contribution in [2.75, 3.05) is 5.32 Å². The fraction of sp³-hybridized carbons (Fsp3) is 0. The lowest BCUT2D eigenvalue weighted by Crippen LogP contribution is -2.19. The lowest BCUT2D eigenvalue weighted by Gasteiger charge is -2.11. The number of amides is 1. The van der Waals surface area contributed by atoms with Gasteiger partial charge in [0.1, 0.15) is 11.1 Å². The van der Waals surface area contributed by atoms with Gasteiger partial charge in [-0.15, -0.1) is 0 Å². The van der Waals surface area contributed by atoms with Gasteiger partial charge in [-0.3, -0.25) is 4.79 Å². The van der Waals surface area contributed by atoms with Crippen molar-refractivity contribution in [3.63, 3.8) is 0 Å². The summed E-state index contributed by atoms with van der Waals surface area (Å²) >= 11 is 6.00. The first-order chi connectivity index (χ1) is 14.3. The number of anilines is 1. The van der Waals surface area contributed by atoms with Crippen molar-refractivity contribution in [2.24, 2.45) is 0 Å². The molecule has 4 nitrogen and oxygen atoms in total. The van der Waals surface area contributed by atoms with Crippen molar-refractivity contribution in [1.82, 2.24) is 4.98 Å². The zero-order valence-electron chi connectivity index (χ0n) is 14.6. The minimum absolute atomic E-state index is 0.0490. The third kappa shape index (κ3) is 3.26. The van der Waals surface area contributed by atoms with Gasteiger partial charge >= 0.3 is 0 Å². The molecule has 4 aromatic rings. The summed E-state index contributed by atoms with van der Waals surface area (Å²) in [5, 5.41) is 2.00. The fourth-order valence-electron chi connectivity index (χ4n) is 2.74. The van der Waals surface area contributed by atoms with Gasteiger partial charge in [0.05, 0.1) is 10.7 Å². The average Bonchev–Trinajstić information content (AvgIpc) is 3.17. The van der Waals surface area contributed by atoms with E-state index in [9.17, 15) is 26.7 Å². The molecule has 1 amide bonds. The number of carbonyl (C=O) groups is 1. The van der Waals surface area contributed by atoms with Crippen molar-refractivity contribution >= 4 is 34.3 Å². The summed E-state index contributed by atoms with van der Waals surface area (Å²) in [5.74, 6) is -12.7. The molecular formula is C20H8ClF5N2O2. The largest absolute Gasteiger partial charge is 0.436 e. The number of hydrogen-bond donors (Lipinski definition) is 1. The van der Waals surface area contributed by atoms with E-state index in [4.69, 9.17) is 16.0 Å². The van der Waals surface area contributed by atoms with Gasteiger partial charge in [0.25, 0.3) is 5.91 Å². The van der Waals surface area contributed by atoms with Crippen LogP contribution in [0.4, 0.5) is 27.6 Å². The Kier molecular flexibility index (Phi) is 4.90. The SMILES string of the molecule is O=C(Nc1cc(-c2nc3ccccc3o2)ccc1Cl)c1c(F)c(F)c(F)c(F)c1F. The molecule has 1 N–H and O–H groups in total. The summed E-state index contributed by atoms with van der Waals surface area (Å²) in [6.07, 6.45) is 0.